The van der Waals surface area contributed by atoms with Gasteiger partial charge in [-0.1, -0.05) is 164 Å². The molecule has 0 aliphatic rings. The van der Waals surface area contributed by atoms with Gasteiger partial charge in [-0.2, -0.15) is 0 Å². The SMILES string of the molecule is c1ccc(-c2cc(-c3ccccc3)cc(-c3c4ccccc4c(-c4ccc5c(c4)nc(-c4ccccc4)n5-c4ccccc4)c4ccccc34)c2)cc1. The first-order chi connectivity index (χ1) is 26.3. The zero-order chi connectivity index (χ0) is 35.1. The highest BCUT2D eigenvalue weighted by molar-refractivity contribution is 6.22. The Kier molecular flexibility index (Phi) is 7.51. The second kappa shape index (κ2) is 12.9. The van der Waals surface area contributed by atoms with Crippen molar-refractivity contribution in [1.29, 1.82) is 0 Å². The van der Waals surface area contributed by atoms with Crippen LogP contribution in [0.15, 0.2) is 206 Å². The third-order valence-corrected chi connectivity index (χ3v) is 10.4. The van der Waals surface area contributed by atoms with Gasteiger partial charge in [0.05, 0.1) is 11.0 Å². The predicted molar refractivity (Wildman–Crippen MR) is 223 cm³/mol. The van der Waals surface area contributed by atoms with Crippen LogP contribution in [0.5, 0.6) is 0 Å². The fourth-order valence-electron chi connectivity index (χ4n) is 7.97. The van der Waals surface area contributed by atoms with Crippen molar-refractivity contribution in [2.45, 2.75) is 0 Å². The van der Waals surface area contributed by atoms with Crippen LogP contribution in [0.1, 0.15) is 0 Å². The zero-order valence-electron chi connectivity index (χ0n) is 29.0. The molecule has 1 aromatic heterocycles. The van der Waals surface area contributed by atoms with E-state index in [1.54, 1.807) is 0 Å². The minimum atomic E-state index is 0.932. The lowest BCUT2D eigenvalue weighted by molar-refractivity contribution is 1.10. The Hall–Kier alpha value is -7.03. The summed E-state index contributed by atoms with van der Waals surface area (Å²) < 4.78 is 2.28. The molecule has 0 radical (unpaired) electrons. The number of rotatable bonds is 6. The zero-order valence-corrected chi connectivity index (χ0v) is 29.0. The Morgan fingerprint density at radius 2 is 0.717 bits per heavy atom. The van der Waals surface area contributed by atoms with Crippen molar-refractivity contribution < 1.29 is 0 Å². The van der Waals surface area contributed by atoms with Crippen LogP contribution in [0.25, 0.3) is 94.2 Å². The minimum absolute atomic E-state index is 0.932. The van der Waals surface area contributed by atoms with Gasteiger partial charge >= 0.3 is 0 Å². The van der Waals surface area contributed by atoms with Gasteiger partial charge in [-0.05, 0) is 109 Å². The highest BCUT2D eigenvalue weighted by Crippen LogP contribution is 2.46. The highest BCUT2D eigenvalue weighted by Gasteiger charge is 2.20. The summed E-state index contributed by atoms with van der Waals surface area (Å²) in [5, 5.41) is 4.89. The van der Waals surface area contributed by atoms with E-state index >= 15 is 0 Å². The molecule has 248 valence electrons. The Balaban J connectivity index is 1.23. The van der Waals surface area contributed by atoms with E-state index in [0.29, 0.717) is 0 Å². The summed E-state index contributed by atoms with van der Waals surface area (Å²) in [7, 11) is 0. The maximum atomic E-state index is 5.31. The Labute approximate surface area is 308 Å². The molecule has 0 saturated carbocycles. The van der Waals surface area contributed by atoms with Crippen molar-refractivity contribution in [1.82, 2.24) is 9.55 Å². The van der Waals surface area contributed by atoms with E-state index in [0.717, 1.165) is 33.7 Å². The van der Waals surface area contributed by atoms with Crippen molar-refractivity contribution >= 4 is 32.6 Å². The molecule has 0 atom stereocenters. The monoisotopic (exact) mass is 674 g/mol. The Morgan fingerprint density at radius 3 is 1.23 bits per heavy atom. The van der Waals surface area contributed by atoms with Gasteiger partial charge in [0, 0.05) is 11.3 Å². The summed E-state index contributed by atoms with van der Waals surface area (Å²) in [6.45, 7) is 0. The van der Waals surface area contributed by atoms with Gasteiger partial charge in [0.15, 0.2) is 0 Å². The van der Waals surface area contributed by atoms with Crippen LogP contribution < -0.4 is 0 Å². The molecule has 0 spiro atoms. The molecule has 0 saturated heterocycles. The van der Waals surface area contributed by atoms with Crippen molar-refractivity contribution in [3.8, 4) is 61.6 Å². The van der Waals surface area contributed by atoms with Gasteiger partial charge in [0.1, 0.15) is 5.82 Å². The highest BCUT2D eigenvalue weighted by atomic mass is 15.1. The van der Waals surface area contributed by atoms with E-state index in [1.165, 1.54) is 60.5 Å². The average molecular weight is 675 g/mol. The van der Waals surface area contributed by atoms with Crippen LogP contribution in [-0.4, -0.2) is 9.55 Å². The van der Waals surface area contributed by atoms with Crippen molar-refractivity contribution in [2.75, 3.05) is 0 Å². The molecular weight excluding hydrogens is 641 g/mol. The summed E-state index contributed by atoms with van der Waals surface area (Å²) in [6, 6.07) is 74.1. The van der Waals surface area contributed by atoms with E-state index in [-0.39, 0.29) is 0 Å². The second-order valence-electron chi connectivity index (χ2n) is 13.5. The largest absolute Gasteiger partial charge is 0.292 e. The molecule has 9 aromatic carbocycles. The fraction of sp³-hybridized carbons (Fsp3) is 0. The Morgan fingerprint density at radius 1 is 0.302 bits per heavy atom. The van der Waals surface area contributed by atoms with E-state index in [9.17, 15) is 0 Å². The van der Waals surface area contributed by atoms with E-state index in [1.807, 2.05) is 0 Å². The standard InChI is InChI=1S/C51H34N2/c1-5-17-35(18-6-1)39-31-40(36-19-7-2-8-20-36)33-41(32-39)50-45-27-15-13-25-43(45)49(44-26-14-16-28-46(44)50)38-29-30-48-47(34-38)52-51(37-21-9-3-10-22-37)53(48)42-23-11-4-12-24-42/h1-34H. The van der Waals surface area contributed by atoms with E-state index in [2.05, 4.69) is 211 Å². The van der Waals surface area contributed by atoms with Gasteiger partial charge in [0.2, 0.25) is 0 Å². The van der Waals surface area contributed by atoms with Crippen molar-refractivity contribution in [2.24, 2.45) is 0 Å². The molecule has 0 amide bonds. The first-order valence-corrected chi connectivity index (χ1v) is 18.1. The third-order valence-electron chi connectivity index (χ3n) is 10.4. The molecular formula is C51H34N2. The molecule has 10 aromatic rings. The molecule has 0 aliphatic heterocycles. The Bertz CT molecular complexity index is 2790. The summed E-state index contributed by atoms with van der Waals surface area (Å²) in [5.74, 6) is 0.932. The summed E-state index contributed by atoms with van der Waals surface area (Å²) >= 11 is 0. The van der Waals surface area contributed by atoms with Crippen LogP contribution in [-0.2, 0) is 0 Å². The number of para-hydroxylation sites is 1. The average Bonchev–Trinajstić information content (AvgIpc) is 3.63. The predicted octanol–water partition coefficient (Wildman–Crippen LogP) is 13.7. The van der Waals surface area contributed by atoms with Crippen LogP contribution >= 0.6 is 0 Å². The lowest BCUT2D eigenvalue weighted by Crippen LogP contribution is -1.97. The van der Waals surface area contributed by atoms with Gasteiger partial charge in [0.25, 0.3) is 0 Å². The quantitative estimate of drug-likeness (QED) is 0.161. The topological polar surface area (TPSA) is 17.8 Å². The van der Waals surface area contributed by atoms with Crippen LogP contribution in [0.4, 0.5) is 0 Å². The lowest BCUT2D eigenvalue weighted by atomic mass is 9.84. The molecule has 2 nitrogen and oxygen atoms in total. The van der Waals surface area contributed by atoms with Crippen molar-refractivity contribution in [3.63, 3.8) is 0 Å². The molecule has 0 N–H and O–H groups in total. The third kappa shape index (κ3) is 5.40. The molecule has 1 heterocycles. The van der Waals surface area contributed by atoms with Crippen LogP contribution in [0, 0.1) is 0 Å². The van der Waals surface area contributed by atoms with Crippen molar-refractivity contribution in [3.05, 3.63) is 206 Å². The minimum Gasteiger partial charge on any atom is -0.292 e. The molecule has 0 unspecified atom stereocenters. The first-order valence-electron chi connectivity index (χ1n) is 18.1. The van der Waals surface area contributed by atoms with E-state index in [4.69, 9.17) is 4.98 Å². The smallest absolute Gasteiger partial charge is 0.145 e. The van der Waals surface area contributed by atoms with Gasteiger partial charge in [-0.15, -0.1) is 0 Å². The molecule has 10 rings (SSSR count). The molecule has 53 heavy (non-hydrogen) atoms. The van der Waals surface area contributed by atoms with Crippen LogP contribution in [0.2, 0.25) is 0 Å². The number of aromatic nitrogens is 2. The van der Waals surface area contributed by atoms with Gasteiger partial charge in [-0.25, -0.2) is 4.98 Å². The molecule has 0 bridgehead atoms. The summed E-state index contributed by atoms with van der Waals surface area (Å²) in [6.07, 6.45) is 0. The summed E-state index contributed by atoms with van der Waals surface area (Å²) in [5.41, 5.74) is 13.9. The fourth-order valence-corrected chi connectivity index (χ4v) is 7.97. The summed E-state index contributed by atoms with van der Waals surface area (Å²) in [4.78, 5) is 5.31. The molecule has 0 aliphatic carbocycles. The normalized spacial score (nSPS) is 11.4. The van der Waals surface area contributed by atoms with Gasteiger partial charge < -0.3 is 0 Å². The number of hydrogen-bond donors (Lipinski definition) is 0. The molecule has 2 heteroatoms. The number of fused-ring (bicyclic) bond motifs is 3. The number of hydrogen-bond acceptors (Lipinski definition) is 1. The maximum absolute atomic E-state index is 5.31. The molecule has 0 fully saturated rings. The number of benzene rings is 9. The van der Waals surface area contributed by atoms with Crippen LogP contribution in [0.3, 0.4) is 0 Å². The maximum Gasteiger partial charge on any atom is 0.145 e. The lowest BCUT2D eigenvalue weighted by Gasteiger charge is -2.19. The number of imidazole rings is 1. The number of nitrogens with zero attached hydrogens (tertiary/aromatic N) is 2. The second-order valence-corrected chi connectivity index (χ2v) is 13.5. The van der Waals surface area contributed by atoms with E-state index < -0.39 is 0 Å². The van der Waals surface area contributed by atoms with Gasteiger partial charge in [-0.3, -0.25) is 4.57 Å². The first kappa shape index (κ1) is 30.8.